The van der Waals surface area contributed by atoms with E-state index in [9.17, 15) is 12.8 Å². The molecule has 4 nitrogen and oxygen atoms in total. The molecule has 0 amide bonds. The van der Waals surface area contributed by atoms with E-state index in [0.717, 1.165) is 30.2 Å². The molecule has 0 radical (unpaired) electrons. The summed E-state index contributed by atoms with van der Waals surface area (Å²) in [6.45, 7) is 2.26. The summed E-state index contributed by atoms with van der Waals surface area (Å²) in [6, 6.07) is 21.7. The van der Waals surface area contributed by atoms with Crippen LogP contribution in [0.1, 0.15) is 18.4 Å². The predicted octanol–water partition coefficient (Wildman–Crippen LogP) is 5.34. The van der Waals surface area contributed by atoms with Crippen LogP contribution in [0.4, 0.5) is 10.1 Å². The summed E-state index contributed by atoms with van der Waals surface area (Å²) in [5.41, 5.74) is 1.69. The number of anilines is 1. The van der Waals surface area contributed by atoms with Crippen LogP contribution in [-0.2, 0) is 16.6 Å². The van der Waals surface area contributed by atoms with E-state index in [2.05, 4.69) is 4.90 Å². The molecule has 0 atom stereocenters. The van der Waals surface area contributed by atoms with Crippen LogP contribution < -0.4 is 4.31 Å². The van der Waals surface area contributed by atoms with Crippen molar-refractivity contribution in [1.82, 2.24) is 4.90 Å². The van der Waals surface area contributed by atoms with Crippen molar-refractivity contribution < 1.29 is 12.8 Å². The van der Waals surface area contributed by atoms with E-state index in [1.807, 2.05) is 42.5 Å². The number of rotatable bonds is 6. The smallest absolute Gasteiger partial charge is 0.264 e. The van der Waals surface area contributed by atoms with Gasteiger partial charge in [0.15, 0.2) is 0 Å². The maximum atomic E-state index is 13.5. The van der Waals surface area contributed by atoms with Gasteiger partial charge in [0.05, 0.1) is 10.6 Å². The van der Waals surface area contributed by atoms with Crippen molar-refractivity contribution in [2.75, 3.05) is 17.4 Å². The lowest BCUT2D eigenvalue weighted by Crippen LogP contribution is -2.47. The minimum atomic E-state index is -3.83. The van der Waals surface area contributed by atoms with Crippen molar-refractivity contribution in [2.24, 2.45) is 0 Å². The van der Waals surface area contributed by atoms with E-state index in [1.165, 1.54) is 28.6 Å². The maximum absolute atomic E-state index is 13.5. The molecular weight excluding hydrogens is 435 g/mol. The minimum Gasteiger partial charge on any atom is -0.299 e. The fourth-order valence-corrected chi connectivity index (χ4v) is 5.93. The number of hydrogen-bond donors (Lipinski definition) is 0. The van der Waals surface area contributed by atoms with Gasteiger partial charge in [0.2, 0.25) is 0 Å². The zero-order chi connectivity index (χ0) is 21.8. The first-order valence-electron chi connectivity index (χ1n) is 10.3. The van der Waals surface area contributed by atoms with Crippen molar-refractivity contribution in [1.29, 1.82) is 0 Å². The number of hydrogen-bond acceptors (Lipinski definition) is 3. The lowest BCUT2D eigenvalue weighted by Gasteiger charge is -2.39. The SMILES string of the molecule is O=S(=O)(c1ccc(F)cc1)N(c1ccccc1)C1CCN(Cc2ccccc2Cl)CC1. The van der Waals surface area contributed by atoms with Crippen LogP contribution in [0, 0.1) is 5.82 Å². The summed E-state index contributed by atoms with van der Waals surface area (Å²) < 4.78 is 42.0. The quantitative estimate of drug-likeness (QED) is 0.500. The highest BCUT2D eigenvalue weighted by Crippen LogP contribution is 2.31. The van der Waals surface area contributed by atoms with Gasteiger partial charge in [0, 0.05) is 30.7 Å². The molecule has 4 rings (SSSR count). The second kappa shape index (κ2) is 9.39. The number of piperidine rings is 1. The van der Waals surface area contributed by atoms with Gasteiger partial charge in [-0.25, -0.2) is 12.8 Å². The topological polar surface area (TPSA) is 40.6 Å². The van der Waals surface area contributed by atoms with Crippen LogP contribution in [-0.4, -0.2) is 32.4 Å². The van der Waals surface area contributed by atoms with Gasteiger partial charge in [-0.3, -0.25) is 9.21 Å². The van der Waals surface area contributed by atoms with Crippen LogP contribution in [0.2, 0.25) is 5.02 Å². The molecule has 162 valence electrons. The number of halogens is 2. The van der Waals surface area contributed by atoms with Crippen molar-refractivity contribution >= 4 is 27.3 Å². The van der Waals surface area contributed by atoms with Crippen molar-refractivity contribution in [3.8, 4) is 0 Å². The Labute approximate surface area is 187 Å². The summed E-state index contributed by atoms with van der Waals surface area (Å²) in [5.74, 6) is -0.460. The maximum Gasteiger partial charge on any atom is 0.264 e. The standard InChI is InChI=1S/C24H24ClFN2O2S/c25-24-9-5-4-6-19(24)18-27-16-14-22(15-17-27)28(21-7-2-1-3-8-21)31(29,30)23-12-10-20(26)11-13-23/h1-13,22H,14-18H2. The molecule has 0 bridgehead atoms. The zero-order valence-corrected chi connectivity index (χ0v) is 18.6. The van der Waals surface area contributed by atoms with Gasteiger partial charge in [-0.05, 0) is 60.9 Å². The van der Waals surface area contributed by atoms with E-state index in [4.69, 9.17) is 11.6 Å². The third kappa shape index (κ3) is 4.92. The average Bonchev–Trinajstić information content (AvgIpc) is 2.78. The lowest BCUT2D eigenvalue weighted by molar-refractivity contribution is 0.206. The van der Waals surface area contributed by atoms with Crippen LogP contribution in [0.5, 0.6) is 0 Å². The van der Waals surface area contributed by atoms with Gasteiger partial charge >= 0.3 is 0 Å². The number of para-hydroxylation sites is 1. The Morgan fingerprint density at radius 1 is 0.903 bits per heavy atom. The van der Waals surface area contributed by atoms with Crippen LogP contribution in [0.15, 0.2) is 83.8 Å². The van der Waals surface area contributed by atoms with Gasteiger partial charge in [-0.15, -0.1) is 0 Å². The molecule has 0 unspecified atom stereocenters. The Morgan fingerprint density at radius 2 is 1.52 bits per heavy atom. The fraction of sp³-hybridized carbons (Fsp3) is 0.250. The summed E-state index contributed by atoms with van der Waals surface area (Å²) in [5, 5.41) is 0.745. The summed E-state index contributed by atoms with van der Waals surface area (Å²) in [6.07, 6.45) is 1.39. The minimum absolute atomic E-state index is 0.0938. The Balaban J connectivity index is 1.56. The third-order valence-corrected chi connectivity index (χ3v) is 7.89. The van der Waals surface area contributed by atoms with Gasteiger partial charge in [0.25, 0.3) is 10.0 Å². The number of benzene rings is 3. The second-order valence-electron chi connectivity index (χ2n) is 7.69. The second-order valence-corrected chi connectivity index (χ2v) is 9.91. The van der Waals surface area contributed by atoms with Crippen molar-refractivity contribution in [3.63, 3.8) is 0 Å². The largest absolute Gasteiger partial charge is 0.299 e. The number of sulfonamides is 1. The molecule has 1 aliphatic heterocycles. The van der Waals surface area contributed by atoms with Gasteiger partial charge in [-0.1, -0.05) is 48.0 Å². The Bertz CT molecular complexity index is 1120. The van der Waals surface area contributed by atoms with E-state index in [-0.39, 0.29) is 10.9 Å². The van der Waals surface area contributed by atoms with E-state index in [1.54, 1.807) is 12.1 Å². The highest BCUT2D eigenvalue weighted by Gasteiger charge is 2.34. The van der Waals surface area contributed by atoms with Gasteiger partial charge in [0.1, 0.15) is 5.82 Å². The summed E-state index contributed by atoms with van der Waals surface area (Å²) >= 11 is 6.30. The van der Waals surface area contributed by atoms with Crippen molar-refractivity contribution in [3.05, 3.63) is 95.3 Å². The Morgan fingerprint density at radius 3 is 2.16 bits per heavy atom. The molecule has 1 saturated heterocycles. The molecule has 7 heteroatoms. The number of likely N-dealkylation sites (tertiary alicyclic amines) is 1. The Kier molecular flexibility index (Phi) is 6.60. The molecule has 0 spiro atoms. The lowest BCUT2D eigenvalue weighted by atomic mass is 10.0. The molecule has 31 heavy (non-hydrogen) atoms. The molecule has 1 aliphatic rings. The number of nitrogens with zero attached hydrogens (tertiary/aromatic N) is 2. The predicted molar refractivity (Wildman–Crippen MR) is 122 cm³/mol. The van der Waals surface area contributed by atoms with Gasteiger partial charge < -0.3 is 0 Å². The first kappa shape index (κ1) is 21.8. The molecule has 0 saturated carbocycles. The monoisotopic (exact) mass is 458 g/mol. The van der Waals surface area contributed by atoms with E-state index < -0.39 is 15.8 Å². The normalized spacial score (nSPS) is 15.7. The van der Waals surface area contributed by atoms with E-state index >= 15 is 0 Å². The third-order valence-electron chi connectivity index (χ3n) is 5.62. The molecule has 0 aromatic heterocycles. The first-order chi connectivity index (χ1) is 14.9. The molecular formula is C24H24ClFN2O2S. The van der Waals surface area contributed by atoms with Crippen molar-refractivity contribution in [2.45, 2.75) is 30.3 Å². The Hall–Kier alpha value is -2.41. The molecule has 3 aromatic carbocycles. The highest BCUT2D eigenvalue weighted by atomic mass is 35.5. The summed E-state index contributed by atoms with van der Waals surface area (Å²) in [7, 11) is -3.83. The average molecular weight is 459 g/mol. The van der Waals surface area contributed by atoms with Crippen LogP contribution in [0.3, 0.4) is 0 Å². The highest BCUT2D eigenvalue weighted by molar-refractivity contribution is 7.92. The molecule has 0 N–H and O–H groups in total. The van der Waals surface area contributed by atoms with Gasteiger partial charge in [-0.2, -0.15) is 0 Å². The van der Waals surface area contributed by atoms with Crippen LogP contribution in [0.25, 0.3) is 0 Å². The molecule has 1 heterocycles. The van der Waals surface area contributed by atoms with E-state index in [0.29, 0.717) is 18.5 Å². The zero-order valence-electron chi connectivity index (χ0n) is 17.0. The molecule has 0 aliphatic carbocycles. The molecule has 1 fully saturated rings. The fourth-order valence-electron chi connectivity index (χ4n) is 4.02. The first-order valence-corrected chi connectivity index (χ1v) is 12.1. The van der Waals surface area contributed by atoms with Crippen LogP contribution >= 0.6 is 11.6 Å². The molecule has 3 aromatic rings. The summed E-state index contributed by atoms with van der Waals surface area (Å²) in [4.78, 5) is 2.39.